The van der Waals surface area contributed by atoms with E-state index in [9.17, 15) is 14.7 Å². The third-order valence-electron chi connectivity index (χ3n) is 4.93. The number of thiophene rings is 1. The molecule has 0 bridgehead atoms. The number of ether oxygens (including phenoxy) is 1. The third-order valence-corrected chi connectivity index (χ3v) is 6.02. The van der Waals surface area contributed by atoms with Crippen molar-refractivity contribution in [1.82, 2.24) is 9.97 Å². The molecule has 3 aromatic heterocycles. The smallest absolute Gasteiger partial charge is 0.348 e. The van der Waals surface area contributed by atoms with Crippen LogP contribution in [0.3, 0.4) is 0 Å². The van der Waals surface area contributed by atoms with Gasteiger partial charge in [0.2, 0.25) is 5.88 Å². The van der Waals surface area contributed by atoms with Crippen LogP contribution in [0.1, 0.15) is 20.9 Å². The largest absolute Gasteiger partial charge is 0.477 e. The first-order chi connectivity index (χ1) is 14.9. The Balaban J connectivity index is 1.57. The van der Waals surface area contributed by atoms with Gasteiger partial charge in [0, 0.05) is 18.0 Å². The highest BCUT2D eigenvalue weighted by atomic mass is 32.1. The van der Waals surface area contributed by atoms with E-state index in [2.05, 4.69) is 15.3 Å². The number of carbonyl (C=O) groups excluding carboxylic acids is 1. The van der Waals surface area contributed by atoms with Crippen LogP contribution in [-0.2, 0) is 0 Å². The van der Waals surface area contributed by atoms with Crippen LogP contribution in [0.4, 0.5) is 21.9 Å². The first kappa shape index (κ1) is 19.0. The lowest BCUT2D eigenvalue weighted by Crippen LogP contribution is -2.34. The van der Waals surface area contributed by atoms with E-state index >= 15 is 0 Å². The molecule has 4 aromatic rings. The average molecular weight is 432 g/mol. The highest BCUT2D eigenvalue weighted by Crippen LogP contribution is 2.46. The molecule has 8 nitrogen and oxygen atoms in total. The second-order valence-corrected chi connectivity index (χ2v) is 8.05. The van der Waals surface area contributed by atoms with Gasteiger partial charge in [0.25, 0.3) is 0 Å². The van der Waals surface area contributed by atoms with E-state index in [-0.39, 0.29) is 4.88 Å². The molecule has 0 fully saturated rings. The first-order valence-corrected chi connectivity index (χ1v) is 10.2. The second kappa shape index (κ2) is 7.06. The molecule has 0 aliphatic carbocycles. The summed E-state index contributed by atoms with van der Waals surface area (Å²) in [5, 5.41) is 12.8. The van der Waals surface area contributed by atoms with Gasteiger partial charge < -0.3 is 15.2 Å². The summed E-state index contributed by atoms with van der Waals surface area (Å²) >= 11 is 1.04. The van der Waals surface area contributed by atoms with Gasteiger partial charge in [0.15, 0.2) is 0 Å². The van der Waals surface area contributed by atoms with Crippen LogP contribution in [-0.4, -0.2) is 27.1 Å². The van der Waals surface area contributed by atoms with Gasteiger partial charge in [-0.1, -0.05) is 6.07 Å². The zero-order valence-corrected chi connectivity index (χ0v) is 17.4. The molecule has 2 amide bonds. The summed E-state index contributed by atoms with van der Waals surface area (Å²) in [5.41, 5.74) is 3.19. The predicted octanol–water partition coefficient (Wildman–Crippen LogP) is 5.48. The monoisotopic (exact) mass is 432 g/mol. The Morgan fingerprint density at radius 1 is 1.16 bits per heavy atom. The number of rotatable bonds is 4. The van der Waals surface area contributed by atoms with Crippen molar-refractivity contribution in [3.05, 3.63) is 64.8 Å². The number of carboxylic acid groups (broad SMARTS) is 1. The van der Waals surface area contributed by atoms with Gasteiger partial charge >= 0.3 is 12.0 Å². The number of pyridine rings is 2. The second-order valence-electron chi connectivity index (χ2n) is 7.05. The maximum atomic E-state index is 13.0. The van der Waals surface area contributed by atoms with Crippen molar-refractivity contribution in [2.45, 2.75) is 13.8 Å². The number of urea groups is 1. The number of nitrogens with one attached hydrogen (secondary N) is 1. The van der Waals surface area contributed by atoms with E-state index in [1.807, 2.05) is 32.0 Å². The number of aromatic nitrogens is 2. The number of aryl methyl sites for hydroxylation is 2. The summed E-state index contributed by atoms with van der Waals surface area (Å²) in [6, 6.07) is 12.2. The number of hydrogen-bond acceptors (Lipinski definition) is 6. The van der Waals surface area contributed by atoms with Crippen molar-refractivity contribution in [3.8, 4) is 11.6 Å². The minimum atomic E-state index is -1.10. The number of carbonyl (C=O) groups is 2. The van der Waals surface area contributed by atoms with Gasteiger partial charge in [-0.3, -0.25) is 4.90 Å². The fraction of sp³-hybridized carbons (Fsp3) is 0.0909. The fourth-order valence-corrected chi connectivity index (χ4v) is 4.57. The number of anilines is 3. The molecule has 1 aliphatic rings. The Bertz CT molecular complexity index is 1380. The highest BCUT2D eigenvalue weighted by Gasteiger charge is 2.33. The Hall–Kier alpha value is -3.98. The van der Waals surface area contributed by atoms with Gasteiger partial charge in [0.05, 0.1) is 22.4 Å². The molecular weight excluding hydrogens is 416 g/mol. The van der Waals surface area contributed by atoms with Crippen LogP contribution in [0.2, 0.25) is 0 Å². The van der Waals surface area contributed by atoms with E-state index in [0.29, 0.717) is 38.9 Å². The van der Waals surface area contributed by atoms with Crippen molar-refractivity contribution >= 4 is 50.6 Å². The average Bonchev–Trinajstić information content (AvgIpc) is 3.09. The molecule has 4 heterocycles. The molecule has 1 aliphatic heterocycles. The standard InChI is InChI=1S/C22H16N4O4S/c1-11-10-13(30-16-5-3-4-12(2)24-16)6-7-14(11)26-15-8-9-23-20-17(15)18(25-22(26)29)19(31-20)21(27)28/h3-10H,1-2H3,(H,25,29)(H,27,28). The number of aromatic carboxylic acids is 1. The van der Waals surface area contributed by atoms with Crippen LogP contribution < -0.4 is 15.0 Å². The Kier molecular flexibility index (Phi) is 4.33. The Morgan fingerprint density at radius 2 is 2.00 bits per heavy atom. The quantitative estimate of drug-likeness (QED) is 0.442. The molecule has 2 N–H and O–H groups in total. The lowest BCUT2D eigenvalue weighted by atomic mass is 10.1. The van der Waals surface area contributed by atoms with Crippen molar-refractivity contribution in [1.29, 1.82) is 0 Å². The van der Waals surface area contributed by atoms with Gasteiger partial charge in [-0.25, -0.2) is 19.6 Å². The molecule has 9 heteroatoms. The summed E-state index contributed by atoms with van der Waals surface area (Å²) in [7, 11) is 0. The topological polar surface area (TPSA) is 105 Å². The van der Waals surface area contributed by atoms with Gasteiger partial charge in [-0.05, 0) is 49.7 Å². The SMILES string of the molecule is Cc1cccc(Oc2ccc(N3C(=O)Nc4c(C(=O)O)sc5nccc3c45)c(C)c2)n1. The van der Waals surface area contributed by atoms with E-state index < -0.39 is 12.0 Å². The number of amides is 2. The summed E-state index contributed by atoms with van der Waals surface area (Å²) in [4.78, 5) is 35.4. The van der Waals surface area contributed by atoms with Crippen LogP contribution in [0.5, 0.6) is 11.6 Å². The van der Waals surface area contributed by atoms with Crippen LogP contribution in [0.25, 0.3) is 10.2 Å². The number of hydrogen-bond donors (Lipinski definition) is 2. The van der Waals surface area contributed by atoms with Crippen LogP contribution in [0, 0.1) is 13.8 Å². The summed E-state index contributed by atoms with van der Waals surface area (Å²) in [6.45, 7) is 3.77. The molecule has 0 spiro atoms. The predicted molar refractivity (Wildman–Crippen MR) is 118 cm³/mol. The molecule has 0 atom stereocenters. The van der Waals surface area contributed by atoms with Crippen LogP contribution >= 0.6 is 11.3 Å². The zero-order valence-electron chi connectivity index (χ0n) is 16.5. The molecule has 1 aromatic carbocycles. The number of benzene rings is 1. The van der Waals surface area contributed by atoms with Crippen molar-refractivity contribution in [2.24, 2.45) is 0 Å². The summed E-state index contributed by atoms with van der Waals surface area (Å²) in [6.07, 6.45) is 1.57. The zero-order chi connectivity index (χ0) is 21.7. The van der Waals surface area contributed by atoms with Crippen molar-refractivity contribution < 1.29 is 19.4 Å². The van der Waals surface area contributed by atoms with Gasteiger partial charge in [-0.2, -0.15) is 0 Å². The lowest BCUT2D eigenvalue weighted by Gasteiger charge is -2.29. The Morgan fingerprint density at radius 3 is 2.74 bits per heavy atom. The molecule has 154 valence electrons. The number of carboxylic acids is 1. The molecule has 0 saturated carbocycles. The molecule has 5 rings (SSSR count). The van der Waals surface area contributed by atoms with Crippen molar-refractivity contribution in [3.63, 3.8) is 0 Å². The normalized spacial score (nSPS) is 12.7. The van der Waals surface area contributed by atoms with Gasteiger partial charge in [-0.15, -0.1) is 11.3 Å². The summed E-state index contributed by atoms with van der Waals surface area (Å²) < 4.78 is 5.85. The maximum Gasteiger partial charge on any atom is 0.348 e. The molecular formula is C22H16N4O4S. The molecule has 0 unspecified atom stereocenters. The third kappa shape index (κ3) is 3.15. The van der Waals surface area contributed by atoms with E-state index in [1.165, 1.54) is 4.90 Å². The molecule has 0 radical (unpaired) electrons. The Labute approximate surface area is 180 Å². The fourth-order valence-electron chi connectivity index (χ4n) is 3.61. The maximum absolute atomic E-state index is 13.0. The highest BCUT2D eigenvalue weighted by molar-refractivity contribution is 7.21. The van der Waals surface area contributed by atoms with Gasteiger partial charge in [0.1, 0.15) is 15.5 Å². The van der Waals surface area contributed by atoms with E-state index in [1.54, 1.807) is 30.5 Å². The van der Waals surface area contributed by atoms with E-state index in [0.717, 1.165) is 22.6 Å². The molecule has 0 saturated heterocycles. The van der Waals surface area contributed by atoms with E-state index in [4.69, 9.17) is 4.74 Å². The minimum Gasteiger partial charge on any atom is -0.477 e. The van der Waals surface area contributed by atoms with Crippen molar-refractivity contribution in [2.75, 3.05) is 10.2 Å². The molecule has 31 heavy (non-hydrogen) atoms. The number of nitrogens with zero attached hydrogens (tertiary/aromatic N) is 3. The lowest BCUT2D eigenvalue weighted by molar-refractivity contribution is 0.0703. The minimum absolute atomic E-state index is 0.0640. The first-order valence-electron chi connectivity index (χ1n) is 9.40. The summed E-state index contributed by atoms with van der Waals surface area (Å²) in [5.74, 6) is -0.0102. The van der Waals surface area contributed by atoms with Crippen LogP contribution in [0.15, 0.2) is 48.7 Å².